The number of sulfonamides is 1. The van der Waals surface area contributed by atoms with Crippen molar-refractivity contribution in [3.63, 3.8) is 0 Å². The monoisotopic (exact) mass is 340 g/mol. The highest BCUT2D eigenvalue weighted by molar-refractivity contribution is 7.89. The van der Waals surface area contributed by atoms with Crippen LogP contribution in [0.2, 0.25) is 0 Å². The summed E-state index contributed by atoms with van der Waals surface area (Å²) in [5.41, 5.74) is -0.0232. The van der Waals surface area contributed by atoms with Gasteiger partial charge in [-0.25, -0.2) is 21.9 Å². The number of hydrogen-bond acceptors (Lipinski definition) is 3. The predicted octanol–water partition coefficient (Wildman–Crippen LogP) is 2.52. The highest BCUT2D eigenvalue weighted by Crippen LogP contribution is 2.17. The Bertz CT molecular complexity index is 821. The largest absolute Gasteiger partial charge is 0.319 e. The molecule has 5 nitrogen and oxygen atoms in total. The molecule has 0 saturated carbocycles. The van der Waals surface area contributed by atoms with Crippen LogP contribution in [0.3, 0.4) is 0 Å². The van der Waals surface area contributed by atoms with Crippen molar-refractivity contribution >= 4 is 21.6 Å². The zero-order valence-corrected chi connectivity index (χ0v) is 13.0. The smallest absolute Gasteiger partial charge is 0.255 e. The van der Waals surface area contributed by atoms with E-state index in [4.69, 9.17) is 0 Å². The molecular formula is C15H14F2N2O3S. The summed E-state index contributed by atoms with van der Waals surface area (Å²) < 4.78 is 52.2. The second kappa shape index (κ2) is 6.84. The van der Waals surface area contributed by atoms with Gasteiger partial charge in [-0.05, 0) is 36.4 Å². The normalized spacial score (nSPS) is 11.3. The lowest BCUT2D eigenvalue weighted by Gasteiger charge is -2.08. The van der Waals surface area contributed by atoms with Crippen LogP contribution in [0.1, 0.15) is 17.3 Å². The van der Waals surface area contributed by atoms with Crippen LogP contribution in [-0.2, 0) is 10.0 Å². The maximum absolute atomic E-state index is 13.5. The van der Waals surface area contributed by atoms with Gasteiger partial charge >= 0.3 is 0 Å². The molecule has 2 rings (SSSR count). The van der Waals surface area contributed by atoms with E-state index in [1.807, 2.05) is 0 Å². The number of anilines is 1. The first-order valence-electron chi connectivity index (χ1n) is 6.69. The van der Waals surface area contributed by atoms with E-state index in [1.54, 1.807) is 6.92 Å². The SMILES string of the molecule is CCNS(=O)(=O)c1ccc(C(=O)Nc2ccc(F)cc2F)cc1. The van der Waals surface area contributed by atoms with Crippen LogP contribution >= 0.6 is 0 Å². The fourth-order valence-corrected chi connectivity index (χ4v) is 2.89. The molecule has 0 aliphatic carbocycles. The Labute approximate surface area is 132 Å². The number of halogens is 2. The average molecular weight is 340 g/mol. The Balaban J connectivity index is 2.17. The first-order chi connectivity index (χ1) is 10.8. The fraction of sp³-hybridized carbons (Fsp3) is 0.133. The molecule has 0 aliphatic rings. The Hall–Kier alpha value is -2.32. The summed E-state index contributed by atoms with van der Waals surface area (Å²) in [5.74, 6) is -2.29. The molecule has 0 unspecified atom stereocenters. The van der Waals surface area contributed by atoms with E-state index in [0.29, 0.717) is 6.07 Å². The Morgan fingerprint density at radius 2 is 1.74 bits per heavy atom. The van der Waals surface area contributed by atoms with Gasteiger partial charge in [0.05, 0.1) is 10.6 Å². The first kappa shape index (κ1) is 17.0. The molecule has 0 aliphatic heterocycles. The maximum atomic E-state index is 13.5. The fourth-order valence-electron chi connectivity index (χ4n) is 1.84. The standard InChI is InChI=1S/C15H14F2N2O3S/c1-2-18-23(21,22)12-6-3-10(4-7-12)15(20)19-14-8-5-11(16)9-13(14)17/h3-9,18H,2H2,1H3,(H,19,20). The molecule has 23 heavy (non-hydrogen) atoms. The molecular weight excluding hydrogens is 326 g/mol. The van der Waals surface area contributed by atoms with E-state index in [9.17, 15) is 22.0 Å². The third-order valence-corrected chi connectivity index (χ3v) is 4.50. The number of benzene rings is 2. The third kappa shape index (κ3) is 4.11. The summed E-state index contributed by atoms with van der Waals surface area (Å²) in [7, 11) is -3.61. The van der Waals surface area contributed by atoms with E-state index >= 15 is 0 Å². The van der Waals surface area contributed by atoms with Crippen molar-refractivity contribution in [3.05, 3.63) is 59.7 Å². The molecule has 0 saturated heterocycles. The molecule has 122 valence electrons. The van der Waals surface area contributed by atoms with Crippen molar-refractivity contribution in [1.82, 2.24) is 4.72 Å². The Morgan fingerprint density at radius 3 is 2.30 bits per heavy atom. The molecule has 2 aromatic rings. The molecule has 0 heterocycles. The predicted molar refractivity (Wildman–Crippen MR) is 81.6 cm³/mol. The van der Waals surface area contributed by atoms with Crippen LogP contribution in [0.25, 0.3) is 0 Å². The Morgan fingerprint density at radius 1 is 1.09 bits per heavy atom. The lowest BCUT2D eigenvalue weighted by Crippen LogP contribution is -2.23. The number of nitrogens with one attached hydrogen (secondary N) is 2. The van der Waals surface area contributed by atoms with Crippen LogP contribution in [0.5, 0.6) is 0 Å². The topological polar surface area (TPSA) is 75.3 Å². The third-order valence-electron chi connectivity index (χ3n) is 2.94. The van der Waals surface area contributed by atoms with Gasteiger partial charge in [-0.1, -0.05) is 6.92 Å². The van der Waals surface area contributed by atoms with E-state index in [1.165, 1.54) is 24.3 Å². The van der Waals surface area contributed by atoms with Gasteiger partial charge in [-0.2, -0.15) is 0 Å². The minimum atomic E-state index is -3.61. The van der Waals surface area contributed by atoms with Crippen molar-refractivity contribution in [2.45, 2.75) is 11.8 Å². The lowest BCUT2D eigenvalue weighted by atomic mass is 10.2. The van der Waals surface area contributed by atoms with Gasteiger partial charge in [0, 0.05) is 18.2 Å². The number of carbonyl (C=O) groups excluding carboxylic acids is 1. The molecule has 0 aromatic heterocycles. The van der Waals surface area contributed by atoms with Crippen LogP contribution in [0, 0.1) is 11.6 Å². The number of carbonyl (C=O) groups is 1. The van der Waals surface area contributed by atoms with E-state index in [0.717, 1.165) is 12.1 Å². The van der Waals surface area contributed by atoms with E-state index in [2.05, 4.69) is 10.0 Å². The van der Waals surface area contributed by atoms with Gasteiger partial charge in [0.1, 0.15) is 11.6 Å². The van der Waals surface area contributed by atoms with Crippen molar-refractivity contribution in [2.24, 2.45) is 0 Å². The molecule has 0 spiro atoms. The lowest BCUT2D eigenvalue weighted by molar-refractivity contribution is 0.102. The van der Waals surface area contributed by atoms with Gasteiger partial charge in [0.2, 0.25) is 10.0 Å². The molecule has 8 heteroatoms. The van der Waals surface area contributed by atoms with Gasteiger partial charge in [0.15, 0.2) is 0 Å². The highest BCUT2D eigenvalue weighted by atomic mass is 32.2. The van der Waals surface area contributed by atoms with E-state index in [-0.39, 0.29) is 22.7 Å². The van der Waals surface area contributed by atoms with Gasteiger partial charge in [-0.15, -0.1) is 0 Å². The summed E-state index contributed by atoms with van der Waals surface area (Å²) >= 11 is 0. The van der Waals surface area contributed by atoms with Crippen LogP contribution in [-0.4, -0.2) is 20.9 Å². The van der Waals surface area contributed by atoms with Crippen LogP contribution in [0.4, 0.5) is 14.5 Å². The summed E-state index contributed by atoms with van der Waals surface area (Å²) in [6.07, 6.45) is 0. The summed E-state index contributed by atoms with van der Waals surface area (Å²) in [6, 6.07) is 7.93. The van der Waals surface area contributed by atoms with Crippen LogP contribution in [0.15, 0.2) is 47.4 Å². The number of rotatable bonds is 5. The minimum Gasteiger partial charge on any atom is -0.319 e. The Kier molecular flexibility index (Phi) is 5.07. The van der Waals surface area contributed by atoms with Crippen molar-refractivity contribution in [2.75, 3.05) is 11.9 Å². The quantitative estimate of drug-likeness (QED) is 0.878. The minimum absolute atomic E-state index is 0.0175. The van der Waals surface area contributed by atoms with E-state index < -0.39 is 27.6 Å². The second-order valence-corrected chi connectivity index (χ2v) is 6.37. The average Bonchev–Trinajstić information content (AvgIpc) is 2.50. The number of amides is 1. The second-order valence-electron chi connectivity index (χ2n) is 4.60. The van der Waals surface area contributed by atoms with Crippen molar-refractivity contribution in [1.29, 1.82) is 0 Å². The van der Waals surface area contributed by atoms with Gasteiger partial charge < -0.3 is 5.32 Å². The summed E-state index contributed by atoms with van der Waals surface area (Å²) in [5, 5.41) is 2.29. The van der Waals surface area contributed by atoms with Crippen molar-refractivity contribution in [3.8, 4) is 0 Å². The molecule has 0 radical (unpaired) electrons. The number of hydrogen-bond donors (Lipinski definition) is 2. The first-order valence-corrected chi connectivity index (χ1v) is 8.18. The molecule has 0 bridgehead atoms. The summed E-state index contributed by atoms with van der Waals surface area (Å²) in [6.45, 7) is 1.89. The van der Waals surface area contributed by atoms with Gasteiger partial charge in [0.25, 0.3) is 5.91 Å². The zero-order chi connectivity index (χ0) is 17.0. The summed E-state index contributed by atoms with van der Waals surface area (Å²) in [4.78, 5) is 12.0. The highest BCUT2D eigenvalue weighted by Gasteiger charge is 2.14. The zero-order valence-electron chi connectivity index (χ0n) is 12.1. The molecule has 0 fully saturated rings. The maximum Gasteiger partial charge on any atom is 0.255 e. The molecule has 2 aromatic carbocycles. The molecule has 1 amide bonds. The molecule has 2 N–H and O–H groups in total. The van der Waals surface area contributed by atoms with Crippen molar-refractivity contribution < 1.29 is 22.0 Å². The van der Waals surface area contributed by atoms with Crippen LogP contribution < -0.4 is 10.0 Å². The molecule has 0 atom stereocenters. The van der Waals surface area contributed by atoms with Gasteiger partial charge in [-0.3, -0.25) is 4.79 Å².